The van der Waals surface area contributed by atoms with Crippen LogP contribution in [0.5, 0.6) is 0 Å². The minimum absolute atomic E-state index is 0.191. The van der Waals surface area contributed by atoms with Crippen LogP contribution in [0.2, 0.25) is 0 Å². The minimum atomic E-state index is -0.977. The highest BCUT2D eigenvalue weighted by Gasteiger charge is 2.49. The maximum Gasteiger partial charge on any atom is 0.141 e. The summed E-state index contributed by atoms with van der Waals surface area (Å²) in [5, 5.41) is 3.15. The Morgan fingerprint density at radius 3 is 2.94 bits per heavy atom. The van der Waals surface area contributed by atoms with Crippen LogP contribution in [0.3, 0.4) is 0 Å². The van der Waals surface area contributed by atoms with E-state index >= 15 is 0 Å². The Balaban J connectivity index is 1.67. The molecule has 0 saturated carbocycles. The fraction of sp³-hybridized carbons (Fsp3) is 0.538. The third-order valence-corrected chi connectivity index (χ3v) is 3.76. The van der Waals surface area contributed by atoms with Gasteiger partial charge in [0.15, 0.2) is 0 Å². The van der Waals surface area contributed by atoms with Gasteiger partial charge in [0.05, 0.1) is 0 Å². The van der Waals surface area contributed by atoms with Crippen molar-refractivity contribution in [3.8, 4) is 0 Å². The van der Waals surface area contributed by atoms with E-state index in [1.807, 2.05) is 18.2 Å². The Labute approximate surface area is 95.4 Å². The van der Waals surface area contributed by atoms with Gasteiger partial charge < -0.3 is 5.32 Å². The van der Waals surface area contributed by atoms with Crippen LogP contribution in [-0.2, 0) is 6.54 Å². The average molecular weight is 220 g/mol. The van der Waals surface area contributed by atoms with Crippen LogP contribution in [0.25, 0.3) is 0 Å². The molecular formula is C13H17FN2. The number of likely N-dealkylation sites (tertiary alicyclic amines) is 1. The van der Waals surface area contributed by atoms with Crippen LogP contribution < -0.4 is 5.32 Å². The van der Waals surface area contributed by atoms with Gasteiger partial charge in [-0.15, -0.1) is 0 Å². The predicted molar refractivity (Wildman–Crippen MR) is 61.9 cm³/mol. The summed E-state index contributed by atoms with van der Waals surface area (Å²) in [6.45, 7) is 3.71. The number of hydrogen-bond acceptors (Lipinski definition) is 2. The first-order chi connectivity index (χ1) is 7.76. The summed E-state index contributed by atoms with van der Waals surface area (Å²) in [7, 11) is 0. The van der Waals surface area contributed by atoms with E-state index in [0.717, 1.165) is 19.6 Å². The van der Waals surface area contributed by atoms with Crippen molar-refractivity contribution in [2.24, 2.45) is 5.92 Å². The highest BCUT2D eigenvalue weighted by molar-refractivity contribution is 5.15. The SMILES string of the molecule is FC12CNCC1CN(Cc1ccccc1)C2. The Bertz CT molecular complexity index is 367. The summed E-state index contributed by atoms with van der Waals surface area (Å²) >= 11 is 0. The quantitative estimate of drug-likeness (QED) is 0.811. The first-order valence-corrected chi connectivity index (χ1v) is 5.92. The monoisotopic (exact) mass is 220 g/mol. The number of fused-ring (bicyclic) bond motifs is 1. The second-order valence-electron chi connectivity index (χ2n) is 5.02. The Morgan fingerprint density at radius 2 is 2.19 bits per heavy atom. The summed E-state index contributed by atoms with van der Waals surface area (Å²) in [6, 6.07) is 10.3. The zero-order valence-corrected chi connectivity index (χ0v) is 9.32. The number of halogens is 1. The van der Waals surface area contributed by atoms with Gasteiger partial charge in [0, 0.05) is 38.6 Å². The van der Waals surface area contributed by atoms with E-state index in [0.29, 0.717) is 13.1 Å². The molecule has 0 radical (unpaired) electrons. The van der Waals surface area contributed by atoms with Crippen molar-refractivity contribution in [3.05, 3.63) is 35.9 Å². The van der Waals surface area contributed by atoms with Crippen LogP contribution >= 0.6 is 0 Å². The summed E-state index contributed by atoms with van der Waals surface area (Å²) in [5.74, 6) is 0.191. The van der Waals surface area contributed by atoms with Crippen LogP contribution in [0, 0.1) is 5.92 Å². The van der Waals surface area contributed by atoms with Gasteiger partial charge >= 0.3 is 0 Å². The molecule has 0 spiro atoms. The maximum absolute atomic E-state index is 14.3. The van der Waals surface area contributed by atoms with E-state index < -0.39 is 5.67 Å². The van der Waals surface area contributed by atoms with E-state index in [4.69, 9.17) is 0 Å². The lowest BCUT2D eigenvalue weighted by atomic mass is 9.97. The van der Waals surface area contributed by atoms with Gasteiger partial charge in [0.1, 0.15) is 5.67 Å². The van der Waals surface area contributed by atoms with Crippen molar-refractivity contribution < 1.29 is 4.39 Å². The molecule has 16 heavy (non-hydrogen) atoms. The number of benzene rings is 1. The van der Waals surface area contributed by atoms with Crippen LogP contribution in [-0.4, -0.2) is 36.7 Å². The molecule has 3 heteroatoms. The highest BCUT2D eigenvalue weighted by atomic mass is 19.1. The highest BCUT2D eigenvalue weighted by Crippen LogP contribution is 2.34. The fourth-order valence-electron chi connectivity index (χ4n) is 2.90. The molecule has 2 aliphatic rings. The summed E-state index contributed by atoms with van der Waals surface area (Å²) in [6.07, 6.45) is 0. The zero-order valence-electron chi connectivity index (χ0n) is 9.32. The largest absolute Gasteiger partial charge is 0.313 e. The van der Waals surface area contributed by atoms with E-state index in [1.165, 1.54) is 5.56 Å². The molecule has 1 aromatic carbocycles. The van der Waals surface area contributed by atoms with Crippen molar-refractivity contribution in [2.45, 2.75) is 12.2 Å². The molecule has 2 aliphatic heterocycles. The fourth-order valence-corrected chi connectivity index (χ4v) is 2.90. The van der Waals surface area contributed by atoms with E-state index in [9.17, 15) is 4.39 Å². The molecule has 2 atom stereocenters. The second-order valence-corrected chi connectivity index (χ2v) is 5.02. The molecule has 1 N–H and O–H groups in total. The minimum Gasteiger partial charge on any atom is -0.313 e. The van der Waals surface area contributed by atoms with Crippen molar-refractivity contribution in [1.29, 1.82) is 0 Å². The third-order valence-electron chi connectivity index (χ3n) is 3.76. The van der Waals surface area contributed by atoms with Crippen LogP contribution in [0.4, 0.5) is 4.39 Å². The Hall–Kier alpha value is -0.930. The first-order valence-electron chi connectivity index (χ1n) is 5.92. The van der Waals surface area contributed by atoms with Crippen LogP contribution in [0.1, 0.15) is 5.56 Å². The lowest BCUT2D eigenvalue weighted by Crippen LogP contribution is -2.34. The molecule has 0 aromatic heterocycles. The number of nitrogens with zero attached hydrogens (tertiary/aromatic N) is 1. The molecule has 0 aliphatic carbocycles. The molecule has 86 valence electrons. The Kier molecular flexibility index (Phi) is 2.45. The van der Waals surface area contributed by atoms with Crippen molar-refractivity contribution in [1.82, 2.24) is 10.2 Å². The molecule has 0 amide bonds. The van der Waals surface area contributed by atoms with Gasteiger partial charge in [-0.05, 0) is 5.56 Å². The number of nitrogens with one attached hydrogen (secondary N) is 1. The molecule has 2 fully saturated rings. The smallest absolute Gasteiger partial charge is 0.141 e. The van der Waals surface area contributed by atoms with Crippen LogP contribution in [0.15, 0.2) is 30.3 Å². The standard InChI is InChI=1S/C13H17FN2/c14-13-9-15-6-12(13)8-16(10-13)7-11-4-2-1-3-5-11/h1-5,12,15H,6-10H2. The normalized spacial score (nSPS) is 34.2. The number of hydrogen-bond donors (Lipinski definition) is 1. The molecule has 2 nitrogen and oxygen atoms in total. The molecule has 3 rings (SSSR count). The Morgan fingerprint density at radius 1 is 1.38 bits per heavy atom. The van der Waals surface area contributed by atoms with Crippen molar-refractivity contribution >= 4 is 0 Å². The van der Waals surface area contributed by atoms with Gasteiger partial charge in [0.2, 0.25) is 0 Å². The molecule has 0 bridgehead atoms. The maximum atomic E-state index is 14.3. The molecule has 2 heterocycles. The summed E-state index contributed by atoms with van der Waals surface area (Å²) in [4.78, 5) is 2.24. The van der Waals surface area contributed by atoms with Crippen molar-refractivity contribution in [3.63, 3.8) is 0 Å². The van der Waals surface area contributed by atoms with E-state index in [1.54, 1.807) is 0 Å². The summed E-state index contributed by atoms with van der Waals surface area (Å²) in [5.41, 5.74) is 0.299. The number of alkyl halides is 1. The van der Waals surface area contributed by atoms with Crippen molar-refractivity contribution in [2.75, 3.05) is 26.2 Å². The number of rotatable bonds is 2. The lowest BCUT2D eigenvalue weighted by Gasteiger charge is -2.18. The lowest BCUT2D eigenvalue weighted by molar-refractivity contribution is 0.161. The van der Waals surface area contributed by atoms with E-state index in [-0.39, 0.29) is 5.92 Å². The summed E-state index contributed by atoms with van der Waals surface area (Å²) < 4.78 is 14.3. The van der Waals surface area contributed by atoms with Gasteiger partial charge in [-0.3, -0.25) is 4.90 Å². The third kappa shape index (κ3) is 1.74. The van der Waals surface area contributed by atoms with E-state index in [2.05, 4.69) is 22.3 Å². The van der Waals surface area contributed by atoms with Gasteiger partial charge in [-0.25, -0.2) is 4.39 Å². The first kappa shape index (κ1) is 10.2. The van der Waals surface area contributed by atoms with Gasteiger partial charge in [0.25, 0.3) is 0 Å². The van der Waals surface area contributed by atoms with Gasteiger partial charge in [-0.1, -0.05) is 30.3 Å². The molecule has 2 unspecified atom stereocenters. The zero-order chi connectivity index (χ0) is 11.0. The average Bonchev–Trinajstić information content (AvgIpc) is 2.74. The molecule has 2 saturated heterocycles. The van der Waals surface area contributed by atoms with Gasteiger partial charge in [-0.2, -0.15) is 0 Å². The molecular weight excluding hydrogens is 203 g/mol. The topological polar surface area (TPSA) is 15.3 Å². The second kappa shape index (κ2) is 3.82. The molecule has 1 aromatic rings. The predicted octanol–water partition coefficient (Wildman–Crippen LogP) is 1.43.